The van der Waals surface area contributed by atoms with E-state index in [4.69, 9.17) is 9.47 Å². The Balaban J connectivity index is 1.60. The summed E-state index contributed by atoms with van der Waals surface area (Å²) >= 11 is 0. The third-order valence-electron chi connectivity index (χ3n) is 4.46. The summed E-state index contributed by atoms with van der Waals surface area (Å²) in [5.74, 6) is -0.132. The van der Waals surface area contributed by atoms with E-state index in [9.17, 15) is 23.3 Å². The number of amides is 1. The standard InChI is InChI=1S/C19H21N3O7S/c1-14(29-17-6-4-16(5-7-17)22(24)25)19(23)20-15-2-8-18(9-3-15)30(26,27)21-10-12-28-13-11-21/h2-9,14H,10-13H2,1H3,(H,20,23)/t14-/m1/s1. The summed E-state index contributed by atoms with van der Waals surface area (Å²) in [7, 11) is -3.61. The number of rotatable bonds is 7. The Bertz CT molecular complexity index is 1000. The molecule has 0 saturated carbocycles. The molecule has 30 heavy (non-hydrogen) atoms. The van der Waals surface area contributed by atoms with Gasteiger partial charge in [-0.3, -0.25) is 14.9 Å². The van der Waals surface area contributed by atoms with Crippen LogP contribution in [-0.2, 0) is 19.6 Å². The molecule has 1 atom stereocenters. The maximum atomic E-state index is 12.6. The fourth-order valence-corrected chi connectivity index (χ4v) is 4.20. The highest BCUT2D eigenvalue weighted by molar-refractivity contribution is 7.89. The molecular weight excluding hydrogens is 414 g/mol. The lowest BCUT2D eigenvalue weighted by atomic mass is 10.3. The van der Waals surface area contributed by atoms with Gasteiger partial charge in [-0.25, -0.2) is 8.42 Å². The van der Waals surface area contributed by atoms with Crippen molar-refractivity contribution >= 4 is 27.3 Å². The Labute approximate surface area is 173 Å². The van der Waals surface area contributed by atoms with Crippen LogP contribution in [0.3, 0.4) is 0 Å². The Morgan fingerprint density at radius 1 is 1.13 bits per heavy atom. The maximum Gasteiger partial charge on any atom is 0.269 e. The van der Waals surface area contributed by atoms with E-state index >= 15 is 0 Å². The molecule has 0 unspecified atom stereocenters. The zero-order chi connectivity index (χ0) is 21.7. The topological polar surface area (TPSA) is 128 Å². The summed E-state index contributed by atoms with van der Waals surface area (Å²) in [6, 6.07) is 11.3. The predicted octanol–water partition coefficient (Wildman–Crippen LogP) is 2.02. The largest absolute Gasteiger partial charge is 0.481 e. The minimum Gasteiger partial charge on any atom is -0.481 e. The Kier molecular flexibility index (Phi) is 6.65. The van der Waals surface area contributed by atoms with E-state index in [0.717, 1.165) is 0 Å². The minimum atomic E-state index is -3.61. The lowest BCUT2D eigenvalue weighted by Gasteiger charge is -2.26. The van der Waals surface area contributed by atoms with Crippen molar-refractivity contribution < 1.29 is 27.6 Å². The molecule has 10 nitrogen and oxygen atoms in total. The first-order chi connectivity index (χ1) is 14.3. The molecule has 2 aromatic rings. The number of carbonyl (C=O) groups is 1. The van der Waals surface area contributed by atoms with Gasteiger partial charge in [0.15, 0.2) is 6.10 Å². The lowest BCUT2D eigenvalue weighted by Crippen LogP contribution is -2.40. The van der Waals surface area contributed by atoms with Crippen LogP contribution in [0.15, 0.2) is 53.4 Å². The van der Waals surface area contributed by atoms with Crippen LogP contribution in [0, 0.1) is 10.1 Å². The molecule has 0 aliphatic carbocycles. The highest BCUT2D eigenvalue weighted by Gasteiger charge is 2.26. The van der Waals surface area contributed by atoms with Crippen molar-refractivity contribution in [2.75, 3.05) is 31.6 Å². The van der Waals surface area contributed by atoms with E-state index in [0.29, 0.717) is 37.7 Å². The maximum absolute atomic E-state index is 12.6. The number of non-ortho nitro benzene ring substituents is 1. The predicted molar refractivity (Wildman–Crippen MR) is 108 cm³/mol. The van der Waals surface area contributed by atoms with Crippen molar-refractivity contribution in [3.63, 3.8) is 0 Å². The zero-order valence-electron chi connectivity index (χ0n) is 16.2. The summed E-state index contributed by atoms with van der Waals surface area (Å²) in [6.07, 6.45) is -0.872. The van der Waals surface area contributed by atoms with E-state index < -0.39 is 27.0 Å². The molecule has 0 bridgehead atoms. The van der Waals surface area contributed by atoms with Gasteiger partial charge in [0.1, 0.15) is 5.75 Å². The van der Waals surface area contributed by atoms with Gasteiger partial charge in [-0.15, -0.1) is 0 Å². The molecule has 1 saturated heterocycles. The molecule has 3 rings (SSSR count). The van der Waals surface area contributed by atoms with E-state index in [-0.39, 0.29) is 10.6 Å². The minimum absolute atomic E-state index is 0.0772. The smallest absolute Gasteiger partial charge is 0.269 e. The highest BCUT2D eigenvalue weighted by Crippen LogP contribution is 2.21. The second-order valence-corrected chi connectivity index (χ2v) is 8.48. The fraction of sp³-hybridized carbons (Fsp3) is 0.316. The third kappa shape index (κ3) is 5.12. The van der Waals surface area contributed by atoms with E-state index in [1.54, 1.807) is 0 Å². The van der Waals surface area contributed by atoms with E-state index in [2.05, 4.69) is 5.32 Å². The van der Waals surface area contributed by atoms with Crippen LogP contribution in [0.2, 0.25) is 0 Å². The number of morpholine rings is 1. The van der Waals surface area contributed by atoms with Gasteiger partial charge in [-0.2, -0.15) is 4.31 Å². The Hall–Kier alpha value is -3.02. The molecular formula is C19H21N3O7S. The van der Waals surface area contributed by atoms with Crippen LogP contribution < -0.4 is 10.1 Å². The van der Waals surface area contributed by atoms with Gasteiger partial charge in [-0.05, 0) is 43.3 Å². The lowest BCUT2D eigenvalue weighted by molar-refractivity contribution is -0.384. The molecule has 1 amide bonds. The fourth-order valence-electron chi connectivity index (χ4n) is 2.79. The number of ether oxygens (including phenoxy) is 2. The number of anilines is 1. The Morgan fingerprint density at radius 2 is 1.73 bits per heavy atom. The van der Waals surface area contributed by atoms with Gasteiger partial charge < -0.3 is 14.8 Å². The van der Waals surface area contributed by atoms with Crippen LogP contribution in [-0.4, -0.2) is 56.0 Å². The first-order valence-corrected chi connectivity index (χ1v) is 10.6. The monoisotopic (exact) mass is 435 g/mol. The summed E-state index contributed by atoms with van der Waals surface area (Å²) in [5, 5.41) is 13.3. The van der Waals surface area contributed by atoms with Crippen molar-refractivity contribution in [3.8, 4) is 5.75 Å². The molecule has 1 fully saturated rings. The van der Waals surface area contributed by atoms with Gasteiger partial charge in [0, 0.05) is 30.9 Å². The van der Waals surface area contributed by atoms with Crippen molar-refractivity contribution in [1.29, 1.82) is 0 Å². The van der Waals surface area contributed by atoms with Crippen molar-refractivity contribution in [3.05, 3.63) is 58.6 Å². The molecule has 11 heteroatoms. The van der Waals surface area contributed by atoms with Gasteiger partial charge in [0.2, 0.25) is 10.0 Å². The number of nitrogens with zero attached hydrogens (tertiary/aromatic N) is 2. The molecule has 0 spiro atoms. The SMILES string of the molecule is C[C@@H](Oc1ccc([N+](=O)[O-])cc1)C(=O)Nc1ccc(S(=O)(=O)N2CCOCC2)cc1. The number of benzene rings is 2. The number of sulfonamides is 1. The van der Waals surface area contributed by atoms with Crippen molar-refractivity contribution in [1.82, 2.24) is 4.31 Å². The second kappa shape index (κ2) is 9.20. The average Bonchev–Trinajstić information content (AvgIpc) is 2.75. The van der Waals surface area contributed by atoms with Gasteiger partial charge in [0.05, 0.1) is 23.0 Å². The zero-order valence-corrected chi connectivity index (χ0v) is 17.0. The number of nitrogens with one attached hydrogen (secondary N) is 1. The third-order valence-corrected chi connectivity index (χ3v) is 6.37. The van der Waals surface area contributed by atoms with Crippen LogP contribution >= 0.6 is 0 Å². The first kappa shape index (κ1) is 21.7. The first-order valence-electron chi connectivity index (χ1n) is 9.17. The summed E-state index contributed by atoms with van der Waals surface area (Å²) in [5.41, 5.74) is 0.339. The molecule has 1 aliphatic heterocycles. The van der Waals surface area contributed by atoms with Crippen LogP contribution in [0.4, 0.5) is 11.4 Å². The molecule has 0 aromatic heterocycles. The molecule has 1 aliphatic rings. The van der Waals surface area contributed by atoms with Crippen molar-refractivity contribution in [2.24, 2.45) is 0 Å². The molecule has 1 heterocycles. The van der Waals surface area contributed by atoms with Crippen LogP contribution in [0.1, 0.15) is 6.92 Å². The van der Waals surface area contributed by atoms with Gasteiger partial charge in [-0.1, -0.05) is 0 Å². The summed E-state index contributed by atoms with van der Waals surface area (Å²) in [6.45, 7) is 2.87. The number of nitro benzene ring substituents is 1. The molecule has 0 radical (unpaired) electrons. The number of nitro groups is 1. The number of hydrogen-bond acceptors (Lipinski definition) is 7. The summed E-state index contributed by atoms with van der Waals surface area (Å²) in [4.78, 5) is 22.6. The quantitative estimate of drug-likeness (QED) is 0.520. The average molecular weight is 435 g/mol. The van der Waals surface area contributed by atoms with E-state index in [1.807, 2.05) is 0 Å². The van der Waals surface area contributed by atoms with Gasteiger partial charge >= 0.3 is 0 Å². The highest BCUT2D eigenvalue weighted by atomic mass is 32.2. The summed E-state index contributed by atoms with van der Waals surface area (Å²) < 4.78 is 37.3. The molecule has 1 N–H and O–H groups in total. The molecule has 160 valence electrons. The Morgan fingerprint density at radius 3 is 2.30 bits per heavy atom. The number of carbonyl (C=O) groups excluding carboxylic acids is 1. The van der Waals surface area contributed by atoms with Crippen molar-refractivity contribution in [2.45, 2.75) is 17.9 Å². The normalized spacial score (nSPS) is 15.9. The molecule has 2 aromatic carbocycles. The number of hydrogen-bond donors (Lipinski definition) is 1. The van der Waals surface area contributed by atoms with Crippen LogP contribution in [0.5, 0.6) is 5.75 Å². The second-order valence-electron chi connectivity index (χ2n) is 6.54. The van der Waals surface area contributed by atoms with Gasteiger partial charge in [0.25, 0.3) is 11.6 Å². The van der Waals surface area contributed by atoms with Crippen LogP contribution in [0.25, 0.3) is 0 Å². The van der Waals surface area contributed by atoms with E-state index in [1.165, 1.54) is 59.8 Å².